The molecule has 2 saturated heterocycles. The third kappa shape index (κ3) is 5.73. The van der Waals surface area contributed by atoms with Crippen molar-refractivity contribution in [3.63, 3.8) is 0 Å². The van der Waals surface area contributed by atoms with E-state index in [0.717, 1.165) is 67.3 Å². The molecule has 1 amide bonds. The van der Waals surface area contributed by atoms with Gasteiger partial charge < -0.3 is 15.1 Å². The Morgan fingerprint density at radius 2 is 1.72 bits per heavy atom. The maximum Gasteiger partial charge on any atom is 0.245 e. The molecule has 2 aliphatic heterocycles. The van der Waals surface area contributed by atoms with E-state index in [1.165, 1.54) is 0 Å². The molecule has 11 heteroatoms. The topological polar surface area (TPSA) is 95.5 Å². The van der Waals surface area contributed by atoms with Crippen LogP contribution in [0.1, 0.15) is 31.2 Å². The first-order chi connectivity index (χ1) is 18.6. The molecule has 1 aromatic heterocycles. The van der Waals surface area contributed by atoms with Crippen LogP contribution in [0.25, 0.3) is 11.3 Å². The van der Waals surface area contributed by atoms with Crippen molar-refractivity contribution in [1.29, 1.82) is 0 Å². The van der Waals surface area contributed by atoms with Crippen molar-refractivity contribution >= 4 is 27.2 Å². The second-order valence-electron chi connectivity index (χ2n) is 10.2. The highest BCUT2D eigenvalue weighted by molar-refractivity contribution is 7.90. The fraction of sp³-hybridized carbons (Fsp3) is 0.393. The number of aryl methyl sites for hydroxylation is 1. The van der Waals surface area contributed by atoms with Crippen molar-refractivity contribution in [3.8, 4) is 11.3 Å². The third-order valence-corrected chi connectivity index (χ3v) is 8.62. The molecule has 3 aromatic rings. The van der Waals surface area contributed by atoms with Crippen molar-refractivity contribution in [3.05, 3.63) is 66.0 Å². The van der Waals surface area contributed by atoms with Crippen LogP contribution in [-0.2, 0) is 14.6 Å². The van der Waals surface area contributed by atoms with Gasteiger partial charge in [0.2, 0.25) is 5.91 Å². The summed E-state index contributed by atoms with van der Waals surface area (Å²) >= 11 is 0. The molecule has 1 unspecified atom stereocenters. The summed E-state index contributed by atoms with van der Waals surface area (Å²) < 4.78 is 52.3. The van der Waals surface area contributed by atoms with Crippen molar-refractivity contribution in [1.82, 2.24) is 14.9 Å². The smallest absolute Gasteiger partial charge is 0.245 e. The van der Waals surface area contributed by atoms with E-state index in [4.69, 9.17) is 0 Å². The largest absolute Gasteiger partial charge is 0.371 e. The minimum atomic E-state index is -3.91. The van der Waals surface area contributed by atoms with Crippen LogP contribution in [0, 0.1) is 18.6 Å². The van der Waals surface area contributed by atoms with Crippen LogP contribution in [-0.4, -0.2) is 67.2 Å². The zero-order valence-electron chi connectivity index (χ0n) is 21.9. The van der Waals surface area contributed by atoms with Crippen molar-refractivity contribution < 1.29 is 22.0 Å². The lowest BCUT2D eigenvalue weighted by molar-refractivity contribution is -0.137. The summed E-state index contributed by atoms with van der Waals surface area (Å²) in [6, 6.07) is 8.83. The number of carbonyl (C=O) groups excluding carboxylic acids is 1. The Labute approximate surface area is 227 Å². The first kappa shape index (κ1) is 27.0. The highest BCUT2D eigenvalue weighted by atomic mass is 32.2. The normalized spacial score (nSPS) is 18.9. The summed E-state index contributed by atoms with van der Waals surface area (Å²) in [6.07, 6.45) is 7.11. The van der Waals surface area contributed by atoms with Crippen LogP contribution in [0.15, 0.2) is 53.7 Å². The molecule has 5 rings (SSSR count). The number of rotatable bonds is 6. The van der Waals surface area contributed by atoms with E-state index in [-0.39, 0.29) is 17.6 Å². The maximum absolute atomic E-state index is 14.6. The second kappa shape index (κ2) is 10.9. The molecule has 8 nitrogen and oxygen atoms in total. The summed E-state index contributed by atoms with van der Waals surface area (Å²) in [5.74, 6) is -1.33. The van der Waals surface area contributed by atoms with Crippen LogP contribution in [0.3, 0.4) is 0 Å². The lowest BCUT2D eigenvalue weighted by Gasteiger charge is -2.42. The summed E-state index contributed by atoms with van der Waals surface area (Å²) in [6.45, 7) is 4.09. The molecule has 3 heterocycles. The zero-order valence-corrected chi connectivity index (χ0v) is 22.7. The zero-order chi connectivity index (χ0) is 27.7. The number of anilines is 2. The van der Waals surface area contributed by atoms with Gasteiger partial charge in [0, 0.05) is 43.6 Å². The number of hydrogen-bond acceptors (Lipinski definition) is 7. The Morgan fingerprint density at radius 1 is 0.974 bits per heavy atom. The fourth-order valence-corrected chi connectivity index (χ4v) is 6.13. The Balaban J connectivity index is 1.21. The number of aromatic nitrogens is 2. The number of nitrogens with zero attached hydrogens (tertiary/aromatic N) is 4. The second-order valence-corrected chi connectivity index (χ2v) is 12.2. The van der Waals surface area contributed by atoms with Gasteiger partial charge in [-0.25, -0.2) is 22.2 Å². The lowest BCUT2D eigenvalue weighted by Crippen LogP contribution is -2.54. The SMILES string of the molecule is Cc1ccccc1-c1cnc(N2CCC(N3CCCC(Nc4cc(F)c(S(C)(=O)=O)cc4F)C3=O)CC2)cn1. The van der Waals surface area contributed by atoms with Gasteiger partial charge in [0.05, 0.1) is 23.8 Å². The van der Waals surface area contributed by atoms with Crippen molar-refractivity contribution in [2.45, 2.75) is 49.6 Å². The van der Waals surface area contributed by atoms with Crippen LogP contribution in [0.4, 0.5) is 20.3 Å². The van der Waals surface area contributed by atoms with Crippen LogP contribution in [0.5, 0.6) is 0 Å². The number of amides is 1. The van der Waals surface area contributed by atoms with E-state index in [1.807, 2.05) is 36.1 Å². The molecule has 0 bridgehead atoms. The molecule has 2 fully saturated rings. The van der Waals surface area contributed by atoms with Crippen molar-refractivity contribution in [2.75, 3.05) is 36.1 Å². The van der Waals surface area contributed by atoms with Gasteiger partial charge in [-0.1, -0.05) is 24.3 Å². The summed E-state index contributed by atoms with van der Waals surface area (Å²) in [4.78, 5) is 25.9. The van der Waals surface area contributed by atoms with E-state index in [9.17, 15) is 22.0 Å². The van der Waals surface area contributed by atoms with E-state index in [2.05, 4.69) is 20.2 Å². The molecule has 1 N–H and O–H groups in total. The molecule has 0 aliphatic carbocycles. The Morgan fingerprint density at radius 3 is 2.38 bits per heavy atom. The Kier molecular flexibility index (Phi) is 7.53. The number of hydrogen-bond donors (Lipinski definition) is 1. The standard InChI is InChI=1S/C28H31F2N5O3S/c1-18-6-3-4-7-20(18)25-16-32-27(17-31-25)34-12-9-19(10-13-34)35-11-5-8-23(28(35)36)33-24-14-22(30)26(15-21(24)29)39(2,37)38/h3-4,6-7,14-17,19,23,33H,5,8-13H2,1-2H3. The van der Waals surface area contributed by atoms with Gasteiger partial charge >= 0.3 is 0 Å². The predicted molar refractivity (Wildman–Crippen MR) is 145 cm³/mol. The molecule has 2 aromatic carbocycles. The molecule has 2 aliphatic rings. The minimum absolute atomic E-state index is 0.0340. The Hall–Kier alpha value is -3.60. The summed E-state index contributed by atoms with van der Waals surface area (Å²) in [5.41, 5.74) is 2.79. The number of sulfone groups is 1. The highest BCUT2D eigenvalue weighted by Gasteiger charge is 2.35. The summed E-state index contributed by atoms with van der Waals surface area (Å²) in [7, 11) is -3.91. The fourth-order valence-electron chi connectivity index (χ4n) is 5.40. The van der Waals surface area contributed by atoms with Gasteiger partial charge in [-0.3, -0.25) is 9.78 Å². The molecule has 1 atom stereocenters. The number of benzene rings is 2. The third-order valence-electron chi connectivity index (χ3n) is 7.51. The van der Waals surface area contributed by atoms with Gasteiger partial charge in [0.15, 0.2) is 9.84 Å². The number of carbonyl (C=O) groups is 1. The summed E-state index contributed by atoms with van der Waals surface area (Å²) in [5, 5.41) is 2.82. The molecule has 0 saturated carbocycles. The van der Waals surface area contributed by atoms with Crippen LogP contribution < -0.4 is 10.2 Å². The highest BCUT2D eigenvalue weighted by Crippen LogP contribution is 2.29. The molecule has 0 spiro atoms. The van der Waals surface area contributed by atoms with Gasteiger partial charge in [0.1, 0.15) is 28.4 Å². The molecule has 206 valence electrons. The quantitative estimate of drug-likeness (QED) is 0.487. The van der Waals surface area contributed by atoms with Crippen LogP contribution in [0.2, 0.25) is 0 Å². The first-order valence-electron chi connectivity index (χ1n) is 13.0. The number of nitrogens with one attached hydrogen (secondary N) is 1. The van der Waals surface area contributed by atoms with E-state index in [0.29, 0.717) is 19.0 Å². The molecular weight excluding hydrogens is 524 g/mol. The van der Waals surface area contributed by atoms with Crippen molar-refractivity contribution in [2.24, 2.45) is 0 Å². The Bertz CT molecular complexity index is 1480. The van der Waals surface area contributed by atoms with Crippen LogP contribution >= 0.6 is 0 Å². The predicted octanol–water partition coefficient (Wildman–Crippen LogP) is 4.21. The van der Waals surface area contributed by atoms with Gasteiger partial charge in [-0.2, -0.15) is 0 Å². The molecule has 39 heavy (non-hydrogen) atoms. The number of likely N-dealkylation sites (tertiary alicyclic amines) is 1. The monoisotopic (exact) mass is 555 g/mol. The van der Waals surface area contributed by atoms with Gasteiger partial charge in [-0.05, 0) is 44.2 Å². The maximum atomic E-state index is 14.6. The minimum Gasteiger partial charge on any atom is -0.371 e. The lowest BCUT2D eigenvalue weighted by atomic mass is 9.97. The molecule has 0 radical (unpaired) electrons. The van der Waals surface area contributed by atoms with Gasteiger partial charge in [-0.15, -0.1) is 0 Å². The number of piperidine rings is 2. The first-order valence-corrected chi connectivity index (χ1v) is 14.9. The van der Waals surface area contributed by atoms with Gasteiger partial charge in [0.25, 0.3) is 0 Å². The van der Waals surface area contributed by atoms with E-state index >= 15 is 0 Å². The number of halogens is 2. The van der Waals surface area contributed by atoms with E-state index < -0.39 is 32.4 Å². The van der Waals surface area contributed by atoms with E-state index in [1.54, 1.807) is 12.4 Å². The average Bonchev–Trinajstić information content (AvgIpc) is 2.91. The molecular formula is C28H31F2N5O3S. The average molecular weight is 556 g/mol.